The molecule has 198 valence electrons. The van der Waals surface area contributed by atoms with Crippen LogP contribution >= 0.6 is 0 Å². The van der Waals surface area contributed by atoms with E-state index in [-0.39, 0.29) is 24.5 Å². The van der Waals surface area contributed by atoms with Gasteiger partial charge < -0.3 is 24.3 Å². The third-order valence-electron chi connectivity index (χ3n) is 8.04. The third kappa shape index (κ3) is 4.89. The zero-order chi connectivity index (χ0) is 26.1. The maximum atomic E-state index is 13.3. The van der Waals surface area contributed by atoms with Crippen LogP contribution < -0.4 is 4.90 Å². The van der Waals surface area contributed by atoms with Crippen molar-refractivity contribution >= 4 is 23.6 Å². The van der Waals surface area contributed by atoms with Crippen molar-refractivity contribution in [1.29, 1.82) is 0 Å². The van der Waals surface area contributed by atoms with Crippen LogP contribution in [0.2, 0.25) is 0 Å². The summed E-state index contributed by atoms with van der Waals surface area (Å²) in [7, 11) is 1.36. The first-order chi connectivity index (χ1) is 17.9. The van der Waals surface area contributed by atoms with Crippen LogP contribution in [0.15, 0.2) is 18.2 Å². The number of carbonyl (C=O) groups is 3. The van der Waals surface area contributed by atoms with Crippen LogP contribution in [0.3, 0.4) is 0 Å². The number of amides is 3. The minimum Gasteiger partial charge on any atom is -0.453 e. The maximum absolute atomic E-state index is 13.3. The predicted octanol–water partition coefficient (Wildman–Crippen LogP) is 1.86. The normalized spacial score (nSPS) is 17.7. The second-order valence-corrected chi connectivity index (χ2v) is 10.1. The molecule has 0 radical (unpaired) electrons. The standard InChI is InChI=1S/C27H36N6O4/c1-19-6-4-8-22(20(19)2)29-10-12-30(13-11-29)24(34)18-33-23-9-5-7-21(23)25(28-33)26(35)31-14-16-32(17-15-31)27(36)37-3/h4,6,8H,5,7,9-18H2,1-3H3. The Balaban J connectivity index is 1.22. The fourth-order valence-electron chi connectivity index (χ4n) is 5.69. The quantitative estimate of drug-likeness (QED) is 0.626. The number of nitrogens with zero attached hydrogens (tertiary/aromatic N) is 6. The average molecular weight is 509 g/mol. The van der Waals surface area contributed by atoms with Crippen molar-refractivity contribution in [3.8, 4) is 0 Å². The molecule has 1 aliphatic carbocycles. The fraction of sp³-hybridized carbons (Fsp3) is 0.556. The number of hydrogen-bond acceptors (Lipinski definition) is 6. The first-order valence-corrected chi connectivity index (χ1v) is 13.2. The van der Waals surface area contributed by atoms with E-state index in [1.165, 1.54) is 23.9 Å². The smallest absolute Gasteiger partial charge is 0.409 e. The molecular weight excluding hydrogens is 472 g/mol. The summed E-state index contributed by atoms with van der Waals surface area (Å²) >= 11 is 0. The van der Waals surface area contributed by atoms with Crippen molar-refractivity contribution in [1.82, 2.24) is 24.5 Å². The van der Waals surface area contributed by atoms with E-state index >= 15 is 0 Å². The second-order valence-electron chi connectivity index (χ2n) is 10.1. The van der Waals surface area contributed by atoms with E-state index in [1.807, 2.05) is 4.90 Å². The zero-order valence-electron chi connectivity index (χ0n) is 22.0. The second kappa shape index (κ2) is 10.4. The number of aryl methyl sites for hydroxylation is 1. The lowest BCUT2D eigenvalue weighted by Gasteiger charge is -2.37. The monoisotopic (exact) mass is 508 g/mol. The van der Waals surface area contributed by atoms with Gasteiger partial charge in [0.05, 0.1) is 7.11 Å². The molecule has 10 heteroatoms. The highest BCUT2D eigenvalue weighted by Crippen LogP contribution is 2.27. The van der Waals surface area contributed by atoms with Gasteiger partial charge in [-0.05, 0) is 50.3 Å². The Bertz CT molecular complexity index is 1190. The summed E-state index contributed by atoms with van der Waals surface area (Å²) in [5.74, 6) is -0.0699. The lowest BCUT2D eigenvalue weighted by molar-refractivity contribution is -0.132. The number of rotatable bonds is 4. The summed E-state index contributed by atoms with van der Waals surface area (Å²) in [6, 6.07) is 6.37. The van der Waals surface area contributed by atoms with Gasteiger partial charge in [-0.25, -0.2) is 4.79 Å². The third-order valence-corrected chi connectivity index (χ3v) is 8.04. The predicted molar refractivity (Wildman–Crippen MR) is 139 cm³/mol. The summed E-state index contributed by atoms with van der Waals surface area (Å²) < 4.78 is 6.55. The number of methoxy groups -OCH3 is 1. The van der Waals surface area contributed by atoms with Gasteiger partial charge in [-0.1, -0.05) is 12.1 Å². The Morgan fingerprint density at radius 1 is 0.892 bits per heavy atom. The van der Waals surface area contributed by atoms with E-state index in [4.69, 9.17) is 4.74 Å². The van der Waals surface area contributed by atoms with Crippen molar-refractivity contribution in [2.45, 2.75) is 39.7 Å². The number of piperazine rings is 2. The number of carbonyl (C=O) groups excluding carboxylic acids is 3. The molecule has 0 N–H and O–H groups in total. The minimum absolute atomic E-state index is 0.0449. The van der Waals surface area contributed by atoms with Crippen molar-refractivity contribution in [3.05, 3.63) is 46.3 Å². The average Bonchev–Trinajstić information content (AvgIpc) is 3.53. The molecule has 5 rings (SSSR count). The van der Waals surface area contributed by atoms with Crippen molar-refractivity contribution in [2.75, 3.05) is 64.4 Å². The number of aromatic nitrogens is 2. The molecule has 2 saturated heterocycles. The molecular formula is C27H36N6O4. The number of ether oxygens (including phenoxy) is 1. The molecule has 3 heterocycles. The molecule has 2 aliphatic heterocycles. The number of hydrogen-bond donors (Lipinski definition) is 0. The Labute approximate surface area is 217 Å². The van der Waals surface area contributed by atoms with Crippen LogP contribution in [0, 0.1) is 13.8 Å². The molecule has 0 bridgehead atoms. The molecule has 1 aromatic heterocycles. The van der Waals surface area contributed by atoms with Crippen LogP contribution in [-0.4, -0.2) is 102 Å². The number of anilines is 1. The van der Waals surface area contributed by atoms with Crippen LogP contribution in [0.4, 0.5) is 10.5 Å². The molecule has 0 spiro atoms. The largest absolute Gasteiger partial charge is 0.453 e. The topological polar surface area (TPSA) is 91.2 Å². The summed E-state index contributed by atoms with van der Waals surface area (Å²) in [4.78, 5) is 46.0. The van der Waals surface area contributed by atoms with Gasteiger partial charge in [-0.15, -0.1) is 0 Å². The molecule has 3 amide bonds. The van der Waals surface area contributed by atoms with Gasteiger partial charge in [-0.2, -0.15) is 5.10 Å². The fourth-order valence-corrected chi connectivity index (χ4v) is 5.69. The summed E-state index contributed by atoms with van der Waals surface area (Å²) in [5.41, 5.74) is 6.27. The van der Waals surface area contributed by atoms with Crippen LogP contribution in [0.25, 0.3) is 0 Å². The number of benzene rings is 1. The lowest BCUT2D eigenvalue weighted by atomic mass is 10.1. The van der Waals surface area contributed by atoms with E-state index in [1.54, 1.807) is 14.5 Å². The minimum atomic E-state index is -0.370. The van der Waals surface area contributed by atoms with E-state index in [2.05, 4.69) is 42.0 Å². The molecule has 0 atom stereocenters. The highest BCUT2D eigenvalue weighted by atomic mass is 16.5. The molecule has 10 nitrogen and oxygen atoms in total. The Morgan fingerprint density at radius 3 is 2.27 bits per heavy atom. The molecule has 1 aromatic carbocycles. The van der Waals surface area contributed by atoms with E-state index < -0.39 is 0 Å². The van der Waals surface area contributed by atoms with Gasteiger partial charge in [0.25, 0.3) is 5.91 Å². The van der Waals surface area contributed by atoms with Gasteiger partial charge in [0.1, 0.15) is 6.54 Å². The SMILES string of the molecule is COC(=O)N1CCN(C(=O)c2nn(CC(=O)N3CCN(c4cccc(C)c4C)CC3)c3c2CCC3)CC1. The molecule has 3 aliphatic rings. The van der Waals surface area contributed by atoms with Crippen LogP contribution in [-0.2, 0) is 28.9 Å². The highest BCUT2D eigenvalue weighted by molar-refractivity contribution is 5.94. The van der Waals surface area contributed by atoms with E-state index in [9.17, 15) is 14.4 Å². The Kier molecular flexibility index (Phi) is 7.08. The Hall–Kier alpha value is -3.56. The summed E-state index contributed by atoms with van der Waals surface area (Å²) in [6.07, 6.45) is 2.23. The molecule has 37 heavy (non-hydrogen) atoms. The summed E-state index contributed by atoms with van der Waals surface area (Å²) in [6.45, 7) is 9.15. The first-order valence-electron chi connectivity index (χ1n) is 13.2. The molecule has 2 aromatic rings. The van der Waals surface area contributed by atoms with E-state index in [0.29, 0.717) is 45.0 Å². The number of fused-ring (bicyclic) bond motifs is 1. The van der Waals surface area contributed by atoms with Gasteiger partial charge in [0.15, 0.2) is 5.69 Å². The van der Waals surface area contributed by atoms with Crippen LogP contribution in [0.5, 0.6) is 0 Å². The van der Waals surface area contributed by atoms with Crippen molar-refractivity contribution in [2.24, 2.45) is 0 Å². The van der Waals surface area contributed by atoms with Crippen molar-refractivity contribution < 1.29 is 19.1 Å². The molecule has 0 saturated carbocycles. The van der Waals surface area contributed by atoms with Gasteiger partial charge in [-0.3, -0.25) is 14.3 Å². The first kappa shape index (κ1) is 25.1. The molecule has 2 fully saturated rings. The van der Waals surface area contributed by atoms with Crippen molar-refractivity contribution in [3.63, 3.8) is 0 Å². The zero-order valence-corrected chi connectivity index (χ0v) is 22.0. The molecule has 0 unspecified atom stereocenters. The Morgan fingerprint density at radius 2 is 1.57 bits per heavy atom. The van der Waals surface area contributed by atoms with E-state index in [0.717, 1.165) is 43.6 Å². The van der Waals surface area contributed by atoms with Gasteiger partial charge in [0.2, 0.25) is 5.91 Å². The maximum Gasteiger partial charge on any atom is 0.409 e. The summed E-state index contributed by atoms with van der Waals surface area (Å²) in [5, 5.41) is 4.66. The highest BCUT2D eigenvalue weighted by Gasteiger charge is 2.33. The van der Waals surface area contributed by atoms with Gasteiger partial charge >= 0.3 is 6.09 Å². The lowest BCUT2D eigenvalue weighted by Crippen LogP contribution is -2.50. The van der Waals surface area contributed by atoms with Gasteiger partial charge in [0, 0.05) is 69.3 Å². The van der Waals surface area contributed by atoms with Crippen LogP contribution in [0.1, 0.15) is 39.3 Å².